The van der Waals surface area contributed by atoms with Gasteiger partial charge in [0.1, 0.15) is 11.7 Å². The van der Waals surface area contributed by atoms with E-state index in [1.54, 1.807) is 0 Å². The van der Waals surface area contributed by atoms with E-state index < -0.39 is 0 Å². The Morgan fingerprint density at radius 1 is 1.40 bits per heavy atom. The van der Waals surface area contributed by atoms with Gasteiger partial charge in [-0.05, 0) is 43.9 Å². The second kappa shape index (κ2) is 6.07. The Hall–Kier alpha value is -1.84. The van der Waals surface area contributed by atoms with Crippen LogP contribution in [0.3, 0.4) is 0 Å². The van der Waals surface area contributed by atoms with Gasteiger partial charge < -0.3 is 9.72 Å². The molecule has 0 radical (unpaired) electrons. The van der Waals surface area contributed by atoms with Gasteiger partial charge in [-0.15, -0.1) is 0 Å². The van der Waals surface area contributed by atoms with Crippen molar-refractivity contribution in [1.29, 1.82) is 0 Å². The van der Waals surface area contributed by atoms with Crippen molar-refractivity contribution < 1.29 is 9.53 Å². The van der Waals surface area contributed by atoms with Crippen LogP contribution in [0.25, 0.3) is 11.0 Å². The minimum Gasteiger partial charge on any atom is -0.465 e. The third-order valence-corrected chi connectivity index (χ3v) is 3.26. The molecule has 0 bridgehead atoms. The molecule has 1 unspecified atom stereocenters. The van der Waals surface area contributed by atoms with Crippen molar-refractivity contribution in [3.8, 4) is 0 Å². The Bertz CT molecular complexity index is 602. The highest BCUT2D eigenvalue weighted by molar-refractivity contribution is 5.81. The lowest BCUT2D eigenvalue weighted by Crippen LogP contribution is -2.19. The van der Waals surface area contributed by atoms with E-state index in [2.05, 4.69) is 23.8 Å². The van der Waals surface area contributed by atoms with Gasteiger partial charge in [-0.3, -0.25) is 4.79 Å². The number of imidazole rings is 1. The summed E-state index contributed by atoms with van der Waals surface area (Å²) < 4.78 is 5.18. The Kier molecular flexibility index (Phi) is 4.42. The van der Waals surface area contributed by atoms with Gasteiger partial charge in [-0.1, -0.05) is 19.9 Å². The van der Waals surface area contributed by atoms with Crippen LogP contribution in [0, 0.1) is 12.8 Å². The zero-order valence-electron chi connectivity index (χ0n) is 12.6. The van der Waals surface area contributed by atoms with Crippen LogP contribution in [-0.4, -0.2) is 22.5 Å². The third-order valence-electron chi connectivity index (χ3n) is 3.26. The Labute approximate surface area is 119 Å². The predicted octanol–water partition coefficient (Wildman–Crippen LogP) is 3.56. The van der Waals surface area contributed by atoms with Crippen molar-refractivity contribution in [3.63, 3.8) is 0 Å². The number of esters is 1. The predicted molar refractivity (Wildman–Crippen MR) is 79.7 cm³/mol. The van der Waals surface area contributed by atoms with E-state index in [9.17, 15) is 4.79 Å². The summed E-state index contributed by atoms with van der Waals surface area (Å²) >= 11 is 0. The van der Waals surface area contributed by atoms with Crippen LogP contribution in [0.15, 0.2) is 18.2 Å². The number of hydrogen-bond donors (Lipinski definition) is 1. The molecule has 4 nitrogen and oxygen atoms in total. The average molecular weight is 274 g/mol. The number of benzene rings is 1. The Balaban J connectivity index is 2.36. The summed E-state index contributed by atoms with van der Waals surface area (Å²) in [6.07, 6.45) is 0.734. The van der Waals surface area contributed by atoms with Crippen molar-refractivity contribution >= 4 is 17.0 Å². The minimum atomic E-state index is -0.317. The van der Waals surface area contributed by atoms with Crippen LogP contribution in [0.4, 0.5) is 0 Å². The maximum Gasteiger partial charge on any atom is 0.316 e. The third kappa shape index (κ3) is 3.18. The molecular weight excluding hydrogens is 252 g/mol. The number of carbonyl (C=O) groups excluding carboxylic acids is 1. The number of rotatable bonds is 5. The number of ether oxygens (including phenoxy) is 1. The van der Waals surface area contributed by atoms with E-state index in [0.717, 1.165) is 17.5 Å². The summed E-state index contributed by atoms with van der Waals surface area (Å²) in [5.41, 5.74) is 3.03. The fraction of sp³-hybridized carbons (Fsp3) is 0.500. The van der Waals surface area contributed by atoms with Gasteiger partial charge in [0, 0.05) is 0 Å². The van der Waals surface area contributed by atoms with Crippen LogP contribution in [0.5, 0.6) is 0 Å². The van der Waals surface area contributed by atoms with Gasteiger partial charge in [0.15, 0.2) is 0 Å². The number of aromatic amines is 1. The molecule has 0 saturated carbocycles. The quantitative estimate of drug-likeness (QED) is 0.848. The molecule has 0 amide bonds. The van der Waals surface area contributed by atoms with Crippen molar-refractivity contribution in [1.82, 2.24) is 9.97 Å². The number of aromatic nitrogens is 2. The van der Waals surface area contributed by atoms with Gasteiger partial charge in [0.05, 0.1) is 17.6 Å². The largest absolute Gasteiger partial charge is 0.465 e. The fourth-order valence-corrected chi connectivity index (χ4v) is 2.34. The number of carbonyl (C=O) groups is 1. The van der Waals surface area contributed by atoms with Gasteiger partial charge in [0.2, 0.25) is 0 Å². The van der Waals surface area contributed by atoms with Crippen LogP contribution >= 0.6 is 0 Å². The maximum atomic E-state index is 12.1. The van der Waals surface area contributed by atoms with E-state index in [4.69, 9.17) is 4.74 Å². The van der Waals surface area contributed by atoms with E-state index in [-0.39, 0.29) is 11.9 Å². The van der Waals surface area contributed by atoms with Gasteiger partial charge in [-0.25, -0.2) is 4.98 Å². The zero-order chi connectivity index (χ0) is 14.7. The first kappa shape index (κ1) is 14.6. The first-order valence-corrected chi connectivity index (χ1v) is 7.14. The summed E-state index contributed by atoms with van der Waals surface area (Å²) in [5, 5.41) is 0. The Morgan fingerprint density at radius 3 is 2.80 bits per heavy atom. The van der Waals surface area contributed by atoms with Crippen molar-refractivity contribution in [3.05, 3.63) is 29.6 Å². The van der Waals surface area contributed by atoms with E-state index in [1.807, 2.05) is 32.0 Å². The molecule has 2 rings (SSSR count). The normalized spacial score (nSPS) is 12.8. The summed E-state index contributed by atoms with van der Waals surface area (Å²) in [5.74, 6) is 0.594. The van der Waals surface area contributed by atoms with E-state index in [1.165, 1.54) is 5.56 Å². The molecule has 1 atom stereocenters. The summed E-state index contributed by atoms with van der Waals surface area (Å²) in [6.45, 7) is 8.45. The molecule has 0 saturated heterocycles. The molecule has 1 heterocycles. The lowest BCUT2D eigenvalue weighted by Gasteiger charge is -2.15. The number of hydrogen-bond acceptors (Lipinski definition) is 3. The zero-order valence-corrected chi connectivity index (χ0v) is 12.6. The average Bonchev–Trinajstić information content (AvgIpc) is 2.78. The van der Waals surface area contributed by atoms with Crippen molar-refractivity contribution in [2.24, 2.45) is 5.92 Å². The topological polar surface area (TPSA) is 55.0 Å². The molecular formula is C16H22N2O2. The highest BCUT2D eigenvalue weighted by Gasteiger charge is 2.26. The molecule has 20 heavy (non-hydrogen) atoms. The number of nitrogens with zero attached hydrogens (tertiary/aromatic N) is 1. The lowest BCUT2D eigenvalue weighted by atomic mass is 9.96. The monoisotopic (exact) mass is 274 g/mol. The molecule has 0 aliphatic rings. The number of nitrogens with one attached hydrogen (secondary N) is 1. The SMILES string of the molecule is CCOC(=O)C(CC(C)C)c1nc2ccc(C)cc2[nH]1. The Morgan fingerprint density at radius 2 is 2.15 bits per heavy atom. The molecule has 0 aliphatic carbocycles. The smallest absolute Gasteiger partial charge is 0.316 e. The second-order valence-corrected chi connectivity index (χ2v) is 5.58. The number of H-pyrrole nitrogens is 1. The molecule has 108 valence electrons. The first-order chi connectivity index (χ1) is 9.51. The van der Waals surface area contributed by atoms with Gasteiger partial charge in [0.25, 0.3) is 0 Å². The lowest BCUT2D eigenvalue weighted by molar-refractivity contribution is -0.145. The molecule has 2 aromatic rings. The van der Waals surface area contributed by atoms with Crippen LogP contribution in [0.1, 0.15) is 44.5 Å². The first-order valence-electron chi connectivity index (χ1n) is 7.14. The van der Waals surface area contributed by atoms with E-state index >= 15 is 0 Å². The van der Waals surface area contributed by atoms with Gasteiger partial charge >= 0.3 is 5.97 Å². The molecule has 1 aromatic heterocycles. The van der Waals surface area contributed by atoms with Crippen LogP contribution in [0.2, 0.25) is 0 Å². The van der Waals surface area contributed by atoms with Crippen molar-refractivity contribution in [2.45, 2.75) is 40.0 Å². The molecule has 0 spiro atoms. The molecule has 4 heteroatoms. The number of fused-ring (bicyclic) bond motifs is 1. The molecule has 0 fully saturated rings. The second-order valence-electron chi connectivity index (χ2n) is 5.58. The highest BCUT2D eigenvalue weighted by atomic mass is 16.5. The van der Waals surface area contributed by atoms with Crippen LogP contribution in [-0.2, 0) is 9.53 Å². The van der Waals surface area contributed by atoms with Crippen molar-refractivity contribution in [2.75, 3.05) is 6.61 Å². The van der Waals surface area contributed by atoms with Crippen LogP contribution < -0.4 is 0 Å². The number of aryl methyl sites for hydroxylation is 1. The standard InChI is InChI=1S/C16H22N2O2/c1-5-20-16(19)12(8-10(2)3)15-17-13-7-6-11(4)9-14(13)18-15/h6-7,9-10,12H,5,8H2,1-4H3,(H,17,18). The summed E-state index contributed by atoms with van der Waals surface area (Å²) in [6, 6.07) is 6.04. The molecule has 1 N–H and O–H groups in total. The minimum absolute atomic E-state index is 0.197. The van der Waals surface area contributed by atoms with Gasteiger partial charge in [-0.2, -0.15) is 0 Å². The fourth-order valence-electron chi connectivity index (χ4n) is 2.34. The summed E-state index contributed by atoms with van der Waals surface area (Å²) in [4.78, 5) is 20.0. The highest BCUT2D eigenvalue weighted by Crippen LogP contribution is 2.25. The van der Waals surface area contributed by atoms with E-state index in [0.29, 0.717) is 18.3 Å². The molecule has 1 aromatic carbocycles. The molecule has 0 aliphatic heterocycles. The maximum absolute atomic E-state index is 12.1. The summed E-state index contributed by atoms with van der Waals surface area (Å²) in [7, 11) is 0.